The van der Waals surface area contributed by atoms with E-state index in [9.17, 15) is 0 Å². The first kappa shape index (κ1) is 13.1. The number of aryl methyl sites for hydroxylation is 1. The fourth-order valence-electron chi connectivity index (χ4n) is 2.45. The molecule has 104 valence electrons. The van der Waals surface area contributed by atoms with Crippen LogP contribution in [0.3, 0.4) is 0 Å². The number of benzene rings is 1. The average molecular weight is 282 g/mol. The zero-order valence-corrected chi connectivity index (χ0v) is 11.8. The van der Waals surface area contributed by atoms with Crippen molar-refractivity contribution in [2.75, 3.05) is 19.8 Å². The highest BCUT2D eigenvalue weighted by atomic mass is 35.5. The molecular formula is C15H20ClNO2. The van der Waals surface area contributed by atoms with E-state index in [1.54, 1.807) is 0 Å². The molecule has 1 aromatic carbocycles. The standard InChI is InChI=1S/C15H20ClNO2/c16-12-7-11(3-1-2-6-17)8-13-14(12)19-10-15(4-5-15)9-18-13/h7-8H,1-6,9-10,17H2. The van der Waals surface area contributed by atoms with Gasteiger partial charge in [-0.1, -0.05) is 11.6 Å². The van der Waals surface area contributed by atoms with Gasteiger partial charge in [-0.15, -0.1) is 0 Å². The van der Waals surface area contributed by atoms with Crippen molar-refractivity contribution in [1.82, 2.24) is 0 Å². The maximum atomic E-state index is 6.32. The molecule has 0 atom stereocenters. The topological polar surface area (TPSA) is 44.5 Å². The molecule has 0 saturated heterocycles. The van der Waals surface area contributed by atoms with E-state index in [4.69, 9.17) is 26.8 Å². The van der Waals surface area contributed by atoms with E-state index in [2.05, 4.69) is 6.07 Å². The van der Waals surface area contributed by atoms with Gasteiger partial charge in [0.25, 0.3) is 0 Å². The Morgan fingerprint density at radius 3 is 2.68 bits per heavy atom. The summed E-state index contributed by atoms with van der Waals surface area (Å²) in [4.78, 5) is 0. The molecule has 0 unspecified atom stereocenters. The summed E-state index contributed by atoms with van der Waals surface area (Å²) < 4.78 is 11.8. The van der Waals surface area contributed by atoms with Gasteiger partial charge in [0, 0.05) is 5.41 Å². The first-order valence-corrected chi connectivity index (χ1v) is 7.38. The predicted octanol–water partition coefficient (Wildman–Crippen LogP) is 3.17. The number of fused-ring (bicyclic) bond motifs is 1. The Balaban J connectivity index is 1.77. The number of unbranched alkanes of at least 4 members (excludes halogenated alkanes) is 1. The van der Waals surface area contributed by atoms with E-state index < -0.39 is 0 Å². The summed E-state index contributed by atoms with van der Waals surface area (Å²) in [7, 11) is 0. The Hall–Kier alpha value is -0.930. The Labute approximate surface area is 119 Å². The van der Waals surface area contributed by atoms with E-state index in [-0.39, 0.29) is 5.41 Å². The molecule has 0 bridgehead atoms. The van der Waals surface area contributed by atoms with Gasteiger partial charge in [-0.2, -0.15) is 0 Å². The van der Waals surface area contributed by atoms with Gasteiger partial charge in [-0.3, -0.25) is 0 Å². The van der Waals surface area contributed by atoms with E-state index in [1.807, 2.05) is 6.07 Å². The molecule has 1 saturated carbocycles. The van der Waals surface area contributed by atoms with Crippen LogP contribution in [0, 0.1) is 5.41 Å². The Bertz CT molecular complexity index is 471. The number of hydrogen-bond donors (Lipinski definition) is 1. The van der Waals surface area contributed by atoms with Gasteiger partial charge in [-0.05, 0) is 56.3 Å². The van der Waals surface area contributed by atoms with Crippen molar-refractivity contribution in [3.05, 3.63) is 22.7 Å². The number of hydrogen-bond acceptors (Lipinski definition) is 3. The molecule has 3 nitrogen and oxygen atoms in total. The molecule has 1 aliphatic carbocycles. The maximum absolute atomic E-state index is 6.32. The van der Waals surface area contributed by atoms with Gasteiger partial charge in [0.2, 0.25) is 0 Å². The van der Waals surface area contributed by atoms with Crippen LogP contribution in [-0.4, -0.2) is 19.8 Å². The highest BCUT2D eigenvalue weighted by Crippen LogP contribution is 2.50. The van der Waals surface area contributed by atoms with E-state index >= 15 is 0 Å². The summed E-state index contributed by atoms with van der Waals surface area (Å²) in [6, 6.07) is 4.06. The van der Waals surface area contributed by atoms with Gasteiger partial charge in [0.05, 0.1) is 18.2 Å². The smallest absolute Gasteiger partial charge is 0.179 e. The summed E-state index contributed by atoms with van der Waals surface area (Å²) in [5, 5.41) is 0.665. The lowest BCUT2D eigenvalue weighted by Crippen LogP contribution is -2.17. The van der Waals surface area contributed by atoms with Crippen molar-refractivity contribution in [2.24, 2.45) is 11.1 Å². The van der Waals surface area contributed by atoms with Crippen LogP contribution in [0.15, 0.2) is 12.1 Å². The molecule has 1 spiro atoms. The maximum Gasteiger partial charge on any atom is 0.179 e. The van der Waals surface area contributed by atoms with Crippen molar-refractivity contribution in [2.45, 2.75) is 32.1 Å². The summed E-state index contributed by atoms with van der Waals surface area (Å²) in [5.74, 6) is 1.52. The lowest BCUT2D eigenvalue weighted by molar-refractivity contribution is 0.197. The monoisotopic (exact) mass is 281 g/mol. The Kier molecular flexibility index (Phi) is 3.59. The number of nitrogens with two attached hydrogens (primary N) is 1. The summed E-state index contributed by atoms with van der Waals surface area (Å²) in [5.41, 5.74) is 6.97. The molecule has 1 aliphatic heterocycles. The summed E-state index contributed by atoms with van der Waals surface area (Å²) in [6.45, 7) is 2.22. The van der Waals surface area contributed by atoms with Crippen LogP contribution in [0.25, 0.3) is 0 Å². The second-order valence-electron chi connectivity index (χ2n) is 5.73. The van der Waals surface area contributed by atoms with Crippen LogP contribution in [-0.2, 0) is 6.42 Å². The van der Waals surface area contributed by atoms with Crippen molar-refractivity contribution in [3.8, 4) is 11.5 Å². The molecule has 0 amide bonds. The third-order valence-electron chi connectivity index (χ3n) is 4.00. The molecule has 0 radical (unpaired) electrons. The molecule has 4 heteroatoms. The van der Waals surface area contributed by atoms with Crippen LogP contribution in [0.5, 0.6) is 11.5 Å². The van der Waals surface area contributed by atoms with Gasteiger partial charge in [-0.25, -0.2) is 0 Å². The van der Waals surface area contributed by atoms with Crippen molar-refractivity contribution < 1.29 is 9.47 Å². The SMILES string of the molecule is NCCCCc1cc(Cl)c2c(c1)OCC1(CC1)CO2. The van der Waals surface area contributed by atoms with Gasteiger partial charge >= 0.3 is 0 Å². The fraction of sp³-hybridized carbons (Fsp3) is 0.600. The molecule has 0 aromatic heterocycles. The highest BCUT2D eigenvalue weighted by molar-refractivity contribution is 6.32. The molecular weight excluding hydrogens is 262 g/mol. The first-order valence-electron chi connectivity index (χ1n) is 7.01. The lowest BCUT2D eigenvalue weighted by Gasteiger charge is -2.11. The number of rotatable bonds is 4. The predicted molar refractivity (Wildman–Crippen MR) is 76.1 cm³/mol. The molecule has 2 N–H and O–H groups in total. The Morgan fingerprint density at radius 1 is 1.16 bits per heavy atom. The summed E-state index contributed by atoms with van der Waals surface area (Å²) >= 11 is 6.32. The fourth-order valence-corrected chi connectivity index (χ4v) is 2.74. The van der Waals surface area contributed by atoms with Gasteiger partial charge in [0.15, 0.2) is 11.5 Å². The van der Waals surface area contributed by atoms with Crippen LogP contribution >= 0.6 is 11.6 Å². The minimum atomic E-state index is 0.252. The normalized spacial score (nSPS) is 19.3. The zero-order chi connectivity index (χ0) is 13.3. The quantitative estimate of drug-likeness (QED) is 0.862. The molecule has 2 aliphatic rings. The third-order valence-corrected chi connectivity index (χ3v) is 4.28. The zero-order valence-electron chi connectivity index (χ0n) is 11.1. The first-order chi connectivity index (χ1) is 9.22. The molecule has 1 aromatic rings. The van der Waals surface area contributed by atoms with Gasteiger partial charge < -0.3 is 15.2 Å². The third kappa shape index (κ3) is 2.82. The summed E-state index contributed by atoms with van der Waals surface area (Å²) in [6.07, 6.45) is 5.49. The van der Waals surface area contributed by atoms with Crippen LogP contribution < -0.4 is 15.2 Å². The van der Waals surface area contributed by atoms with E-state index in [0.717, 1.165) is 44.8 Å². The second kappa shape index (κ2) is 5.22. The van der Waals surface area contributed by atoms with Crippen LogP contribution in [0.2, 0.25) is 5.02 Å². The lowest BCUT2D eigenvalue weighted by atomic mass is 10.1. The van der Waals surface area contributed by atoms with Crippen molar-refractivity contribution in [1.29, 1.82) is 0 Å². The van der Waals surface area contributed by atoms with Crippen molar-refractivity contribution in [3.63, 3.8) is 0 Å². The molecule has 1 fully saturated rings. The minimum Gasteiger partial charge on any atom is -0.489 e. The Morgan fingerprint density at radius 2 is 1.95 bits per heavy atom. The average Bonchev–Trinajstić information content (AvgIpc) is 3.18. The molecule has 3 rings (SSSR count). The van der Waals surface area contributed by atoms with E-state index in [1.165, 1.54) is 18.4 Å². The number of halogens is 1. The largest absolute Gasteiger partial charge is 0.489 e. The number of ether oxygens (including phenoxy) is 2. The van der Waals surface area contributed by atoms with Crippen LogP contribution in [0.1, 0.15) is 31.2 Å². The van der Waals surface area contributed by atoms with E-state index in [0.29, 0.717) is 10.8 Å². The highest BCUT2D eigenvalue weighted by Gasteiger charge is 2.46. The molecule has 1 heterocycles. The van der Waals surface area contributed by atoms with Crippen molar-refractivity contribution >= 4 is 11.6 Å². The van der Waals surface area contributed by atoms with Crippen LogP contribution in [0.4, 0.5) is 0 Å². The van der Waals surface area contributed by atoms with Gasteiger partial charge in [0.1, 0.15) is 0 Å². The molecule has 19 heavy (non-hydrogen) atoms. The second-order valence-corrected chi connectivity index (χ2v) is 6.14. The minimum absolute atomic E-state index is 0.252.